The minimum absolute atomic E-state index is 0.00328. The standard InChI is InChI=1S/C22H20ClNO5/c23-17-7-3-15(4-8-17)21-12-20(29-24-21)14-28-22(25)16-5-9-18(10-6-16)27-13-19-2-1-11-26-19/h3-10,12,19H,1-2,11,13-14H2/t19-/m0/s1. The molecule has 4 rings (SSSR count). The van der Waals surface area contributed by atoms with Gasteiger partial charge in [-0.3, -0.25) is 0 Å². The molecule has 2 heterocycles. The van der Waals surface area contributed by atoms with E-state index in [0.717, 1.165) is 25.0 Å². The van der Waals surface area contributed by atoms with Gasteiger partial charge < -0.3 is 18.7 Å². The smallest absolute Gasteiger partial charge is 0.338 e. The molecule has 1 saturated heterocycles. The molecule has 1 aromatic heterocycles. The van der Waals surface area contributed by atoms with Crippen molar-refractivity contribution in [1.29, 1.82) is 0 Å². The number of ether oxygens (including phenoxy) is 3. The van der Waals surface area contributed by atoms with E-state index in [2.05, 4.69) is 5.16 Å². The van der Waals surface area contributed by atoms with Gasteiger partial charge in [0.15, 0.2) is 12.4 Å². The molecule has 7 heteroatoms. The lowest BCUT2D eigenvalue weighted by atomic mass is 10.1. The van der Waals surface area contributed by atoms with Crippen LogP contribution < -0.4 is 4.74 Å². The molecule has 0 radical (unpaired) electrons. The van der Waals surface area contributed by atoms with Gasteiger partial charge in [-0.05, 0) is 49.2 Å². The predicted molar refractivity (Wildman–Crippen MR) is 107 cm³/mol. The highest BCUT2D eigenvalue weighted by molar-refractivity contribution is 6.30. The first kappa shape index (κ1) is 19.5. The van der Waals surface area contributed by atoms with Crippen molar-refractivity contribution < 1.29 is 23.5 Å². The molecular formula is C22H20ClNO5. The van der Waals surface area contributed by atoms with Crippen LogP contribution in [0, 0.1) is 0 Å². The summed E-state index contributed by atoms with van der Waals surface area (Å²) in [5.74, 6) is 0.708. The summed E-state index contributed by atoms with van der Waals surface area (Å²) in [4.78, 5) is 12.3. The minimum atomic E-state index is -0.444. The van der Waals surface area contributed by atoms with Crippen LogP contribution in [0.4, 0.5) is 0 Å². The summed E-state index contributed by atoms with van der Waals surface area (Å²) in [7, 11) is 0. The molecule has 1 fully saturated rings. The Morgan fingerprint density at radius 2 is 1.93 bits per heavy atom. The number of carbonyl (C=O) groups is 1. The molecule has 0 saturated carbocycles. The molecule has 0 spiro atoms. The van der Waals surface area contributed by atoms with Gasteiger partial charge in [-0.25, -0.2) is 4.79 Å². The molecule has 6 nitrogen and oxygen atoms in total. The van der Waals surface area contributed by atoms with E-state index in [-0.39, 0.29) is 12.7 Å². The third-order valence-electron chi connectivity index (χ3n) is 4.59. The Kier molecular flexibility index (Phi) is 6.12. The fourth-order valence-corrected chi connectivity index (χ4v) is 3.14. The number of hydrogen-bond acceptors (Lipinski definition) is 6. The maximum absolute atomic E-state index is 12.3. The van der Waals surface area contributed by atoms with Crippen molar-refractivity contribution in [2.24, 2.45) is 0 Å². The van der Waals surface area contributed by atoms with E-state index in [1.54, 1.807) is 42.5 Å². The van der Waals surface area contributed by atoms with E-state index in [1.807, 2.05) is 12.1 Å². The highest BCUT2D eigenvalue weighted by atomic mass is 35.5. The summed E-state index contributed by atoms with van der Waals surface area (Å²) in [5, 5.41) is 4.64. The normalized spacial score (nSPS) is 16.0. The number of hydrogen-bond donors (Lipinski definition) is 0. The summed E-state index contributed by atoms with van der Waals surface area (Å²) in [5.41, 5.74) is 1.96. The van der Waals surface area contributed by atoms with Crippen LogP contribution in [0.1, 0.15) is 29.0 Å². The average molecular weight is 414 g/mol. The van der Waals surface area contributed by atoms with Gasteiger partial charge in [0.05, 0.1) is 11.7 Å². The zero-order valence-electron chi connectivity index (χ0n) is 15.7. The van der Waals surface area contributed by atoms with Gasteiger partial charge in [0.25, 0.3) is 0 Å². The largest absolute Gasteiger partial charge is 0.491 e. The molecule has 0 bridgehead atoms. The van der Waals surface area contributed by atoms with Crippen LogP contribution in [-0.4, -0.2) is 30.4 Å². The van der Waals surface area contributed by atoms with E-state index in [1.165, 1.54) is 0 Å². The lowest BCUT2D eigenvalue weighted by Crippen LogP contribution is -2.16. The van der Waals surface area contributed by atoms with E-state index in [9.17, 15) is 4.79 Å². The fourth-order valence-electron chi connectivity index (χ4n) is 3.01. The Morgan fingerprint density at radius 3 is 2.66 bits per heavy atom. The van der Waals surface area contributed by atoms with Crippen molar-refractivity contribution in [2.75, 3.05) is 13.2 Å². The Bertz CT molecular complexity index is 946. The number of nitrogens with zero attached hydrogens (tertiary/aromatic N) is 1. The van der Waals surface area contributed by atoms with Crippen LogP contribution in [-0.2, 0) is 16.1 Å². The highest BCUT2D eigenvalue weighted by Crippen LogP contribution is 2.22. The molecular weight excluding hydrogens is 394 g/mol. The van der Waals surface area contributed by atoms with Crippen molar-refractivity contribution in [3.8, 4) is 17.0 Å². The van der Waals surface area contributed by atoms with Crippen molar-refractivity contribution in [3.63, 3.8) is 0 Å². The van der Waals surface area contributed by atoms with Gasteiger partial charge in [-0.1, -0.05) is 28.9 Å². The zero-order chi connectivity index (χ0) is 20.1. The number of benzene rings is 2. The first-order chi connectivity index (χ1) is 14.2. The highest BCUT2D eigenvalue weighted by Gasteiger charge is 2.16. The SMILES string of the molecule is O=C(OCc1cc(-c2ccc(Cl)cc2)no1)c1ccc(OC[C@@H]2CCCO2)cc1. The minimum Gasteiger partial charge on any atom is -0.491 e. The van der Waals surface area contributed by atoms with Crippen LogP contribution in [0.2, 0.25) is 5.02 Å². The molecule has 2 aromatic carbocycles. The first-order valence-corrected chi connectivity index (χ1v) is 9.78. The Labute approximate surface area is 173 Å². The summed E-state index contributed by atoms with van der Waals surface area (Å²) < 4.78 is 21.8. The first-order valence-electron chi connectivity index (χ1n) is 9.40. The van der Waals surface area contributed by atoms with Crippen LogP contribution in [0.15, 0.2) is 59.1 Å². The van der Waals surface area contributed by atoms with Crippen molar-refractivity contribution in [2.45, 2.75) is 25.6 Å². The monoisotopic (exact) mass is 413 g/mol. The Hall–Kier alpha value is -2.83. The topological polar surface area (TPSA) is 70.8 Å². The number of aromatic nitrogens is 1. The summed E-state index contributed by atoms with van der Waals surface area (Å²) in [6.07, 6.45) is 2.25. The number of carbonyl (C=O) groups excluding carboxylic acids is 1. The van der Waals surface area contributed by atoms with Crippen molar-refractivity contribution in [3.05, 3.63) is 70.9 Å². The van der Waals surface area contributed by atoms with E-state index >= 15 is 0 Å². The molecule has 0 unspecified atom stereocenters. The lowest BCUT2D eigenvalue weighted by molar-refractivity contribution is 0.0437. The van der Waals surface area contributed by atoms with Crippen LogP contribution in [0.3, 0.4) is 0 Å². The van der Waals surface area contributed by atoms with Crippen molar-refractivity contribution >= 4 is 17.6 Å². The fraction of sp³-hybridized carbons (Fsp3) is 0.273. The quantitative estimate of drug-likeness (QED) is 0.512. The summed E-state index contributed by atoms with van der Waals surface area (Å²) >= 11 is 5.89. The Balaban J connectivity index is 1.28. The average Bonchev–Trinajstić information content (AvgIpc) is 3.44. The number of rotatable bonds is 7. The molecule has 3 aromatic rings. The predicted octanol–water partition coefficient (Wildman–Crippen LogP) is 4.91. The van der Waals surface area contributed by atoms with Gasteiger partial charge in [0.1, 0.15) is 18.1 Å². The van der Waals surface area contributed by atoms with Gasteiger partial charge in [-0.15, -0.1) is 0 Å². The molecule has 150 valence electrons. The molecule has 1 atom stereocenters. The van der Waals surface area contributed by atoms with Gasteiger partial charge in [0, 0.05) is 23.3 Å². The van der Waals surface area contributed by atoms with Gasteiger partial charge >= 0.3 is 5.97 Å². The van der Waals surface area contributed by atoms with Gasteiger partial charge in [-0.2, -0.15) is 0 Å². The van der Waals surface area contributed by atoms with Crippen molar-refractivity contribution in [1.82, 2.24) is 5.16 Å². The molecule has 1 aliphatic heterocycles. The van der Waals surface area contributed by atoms with Crippen LogP contribution in [0.5, 0.6) is 5.75 Å². The van der Waals surface area contributed by atoms with E-state index in [4.69, 9.17) is 30.3 Å². The van der Waals surface area contributed by atoms with Crippen LogP contribution >= 0.6 is 11.6 Å². The molecule has 29 heavy (non-hydrogen) atoms. The second-order valence-corrected chi connectivity index (χ2v) is 7.17. The molecule has 0 amide bonds. The van der Waals surface area contributed by atoms with Crippen LogP contribution in [0.25, 0.3) is 11.3 Å². The molecule has 1 aliphatic rings. The second-order valence-electron chi connectivity index (χ2n) is 6.73. The lowest BCUT2D eigenvalue weighted by Gasteiger charge is -2.11. The third-order valence-corrected chi connectivity index (χ3v) is 4.85. The van der Waals surface area contributed by atoms with Gasteiger partial charge in [0.2, 0.25) is 0 Å². The van der Waals surface area contributed by atoms with E-state index < -0.39 is 5.97 Å². The summed E-state index contributed by atoms with van der Waals surface area (Å²) in [6, 6.07) is 15.8. The summed E-state index contributed by atoms with van der Waals surface area (Å²) in [6.45, 7) is 1.31. The maximum Gasteiger partial charge on any atom is 0.338 e. The second kappa shape index (κ2) is 9.11. The Morgan fingerprint density at radius 1 is 1.14 bits per heavy atom. The van der Waals surface area contributed by atoms with E-state index in [0.29, 0.717) is 34.4 Å². The molecule has 0 aliphatic carbocycles. The third kappa shape index (κ3) is 5.16. The zero-order valence-corrected chi connectivity index (χ0v) is 16.4. The maximum atomic E-state index is 12.3. The number of esters is 1. The molecule has 0 N–H and O–H groups in total. The number of halogens is 1.